The standard InChI is InChI=1S/C29H23FN4O3S/c1-2-3-16-37-20-14-12-18(13-15-20)26-31-29-34(32-26)28(36)25(38-29)24-21-9-5-7-11-23(21)33(27(24)35)17-19-8-4-6-10-22(19)30/h4-15H,2-3,16-17H2,1H3/b25-24-. The number of para-hydroxylation sites is 1. The summed E-state index contributed by atoms with van der Waals surface area (Å²) in [5, 5.41) is 4.43. The number of carbonyl (C=O) groups is 1. The van der Waals surface area contributed by atoms with Crippen molar-refractivity contribution in [1.82, 2.24) is 14.6 Å². The van der Waals surface area contributed by atoms with Crippen LogP contribution in [-0.2, 0) is 11.3 Å². The van der Waals surface area contributed by atoms with Gasteiger partial charge in [-0.2, -0.15) is 9.50 Å². The monoisotopic (exact) mass is 526 g/mol. The summed E-state index contributed by atoms with van der Waals surface area (Å²) >= 11 is 1.13. The number of hydrogen-bond donors (Lipinski definition) is 0. The first kappa shape index (κ1) is 24.0. The predicted octanol–water partition coefficient (Wildman–Crippen LogP) is 4.60. The maximum absolute atomic E-state index is 14.4. The molecule has 190 valence electrons. The number of anilines is 1. The SMILES string of the molecule is CCCCOc1ccc(-c2nc3s/c(=C4\C(=O)N(Cc5ccccc5F)c5ccccc54)c(=O)n3n2)cc1. The van der Waals surface area contributed by atoms with Gasteiger partial charge in [-0.1, -0.05) is 61.1 Å². The number of aromatic nitrogens is 3. The number of thiazole rings is 1. The number of hydrogen-bond acceptors (Lipinski definition) is 6. The number of nitrogens with zero attached hydrogens (tertiary/aromatic N) is 4. The van der Waals surface area contributed by atoms with Gasteiger partial charge in [0.15, 0.2) is 5.82 Å². The fourth-order valence-corrected chi connectivity index (χ4v) is 5.49. The van der Waals surface area contributed by atoms with Gasteiger partial charge >= 0.3 is 0 Å². The molecule has 0 bridgehead atoms. The third kappa shape index (κ3) is 4.14. The van der Waals surface area contributed by atoms with Crippen molar-refractivity contribution in [3.05, 3.63) is 105 Å². The molecule has 0 unspecified atom stereocenters. The fourth-order valence-electron chi connectivity index (χ4n) is 4.50. The van der Waals surface area contributed by atoms with Gasteiger partial charge in [0.1, 0.15) is 16.1 Å². The Balaban J connectivity index is 1.38. The number of carbonyl (C=O) groups excluding carboxylic acids is 1. The normalized spacial score (nSPS) is 14.4. The minimum absolute atomic E-state index is 0.0588. The molecule has 0 N–H and O–H groups in total. The van der Waals surface area contributed by atoms with E-state index in [2.05, 4.69) is 17.0 Å². The molecular weight excluding hydrogens is 503 g/mol. The summed E-state index contributed by atoms with van der Waals surface area (Å²) in [5.41, 5.74) is 2.30. The molecule has 1 aliphatic heterocycles. The predicted molar refractivity (Wildman–Crippen MR) is 145 cm³/mol. The summed E-state index contributed by atoms with van der Waals surface area (Å²) in [6.45, 7) is 2.83. The molecule has 1 aliphatic rings. The van der Waals surface area contributed by atoms with Gasteiger partial charge < -0.3 is 9.64 Å². The van der Waals surface area contributed by atoms with Gasteiger partial charge in [-0.15, -0.1) is 5.10 Å². The van der Waals surface area contributed by atoms with Gasteiger partial charge in [0.05, 0.1) is 24.4 Å². The second-order valence-corrected chi connectivity index (χ2v) is 9.94. The highest BCUT2D eigenvalue weighted by molar-refractivity contribution is 7.15. The van der Waals surface area contributed by atoms with Gasteiger partial charge in [0, 0.05) is 16.7 Å². The maximum Gasteiger partial charge on any atom is 0.291 e. The molecule has 7 nitrogen and oxygen atoms in total. The number of rotatable bonds is 7. The molecule has 0 saturated carbocycles. The first-order chi connectivity index (χ1) is 18.5. The lowest BCUT2D eigenvalue weighted by atomic mass is 10.1. The van der Waals surface area contributed by atoms with Crippen molar-refractivity contribution >= 4 is 33.5 Å². The minimum Gasteiger partial charge on any atom is -0.494 e. The van der Waals surface area contributed by atoms with Crippen molar-refractivity contribution in [3.8, 4) is 17.1 Å². The lowest BCUT2D eigenvalue weighted by Gasteiger charge is -2.17. The van der Waals surface area contributed by atoms with E-state index in [1.165, 1.54) is 15.5 Å². The van der Waals surface area contributed by atoms with Crippen molar-refractivity contribution in [3.63, 3.8) is 0 Å². The van der Waals surface area contributed by atoms with Crippen LogP contribution < -0.4 is 19.7 Å². The van der Waals surface area contributed by atoms with E-state index < -0.39 is 5.56 Å². The Kier molecular flexibility index (Phi) is 6.21. The molecular formula is C29H23FN4O3S. The Bertz CT molecular complexity index is 1780. The Labute approximate surface area is 221 Å². The summed E-state index contributed by atoms with van der Waals surface area (Å²) in [5.74, 6) is 0.451. The molecule has 0 atom stereocenters. The van der Waals surface area contributed by atoms with E-state index in [1.54, 1.807) is 30.3 Å². The number of ether oxygens (including phenoxy) is 1. The number of halogens is 1. The van der Waals surface area contributed by atoms with Crippen LogP contribution in [0.5, 0.6) is 5.75 Å². The Morgan fingerprint density at radius 3 is 2.50 bits per heavy atom. The van der Waals surface area contributed by atoms with Gasteiger partial charge in [-0.3, -0.25) is 9.59 Å². The van der Waals surface area contributed by atoms with Gasteiger partial charge in [0.2, 0.25) is 4.96 Å². The van der Waals surface area contributed by atoms with Crippen LogP contribution in [0.3, 0.4) is 0 Å². The summed E-state index contributed by atoms with van der Waals surface area (Å²) in [4.78, 5) is 33.5. The topological polar surface area (TPSA) is 76.8 Å². The van der Waals surface area contributed by atoms with Crippen molar-refractivity contribution in [2.45, 2.75) is 26.3 Å². The quantitative estimate of drug-likeness (QED) is 0.290. The van der Waals surface area contributed by atoms with Crippen LogP contribution in [0, 0.1) is 5.82 Å². The summed E-state index contributed by atoms with van der Waals surface area (Å²) < 4.78 is 21.6. The summed E-state index contributed by atoms with van der Waals surface area (Å²) in [7, 11) is 0. The molecule has 6 rings (SSSR count). The van der Waals surface area contributed by atoms with Crippen LogP contribution in [0.25, 0.3) is 21.9 Å². The molecule has 0 spiro atoms. The van der Waals surface area contributed by atoms with Gasteiger partial charge in [-0.05, 0) is 42.8 Å². The van der Waals surface area contributed by atoms with Crippen LogP contribution in [-0.4, -0.2) is 27.1 Å². The average Bonchev–Trinajstić information content (AvgIpc) is 3.57. The molecule has 2 aromatic heterocycles. The lowest BCUT2D eigenvalue weighted by molar-refractivity contribution is -0.113. The number of unbranched alkanes of at least 4 members (excludes halogenated alkanes) is 1. The largest absolute Gasteiger partial charge is 0.494 e. The number of benzene rings is 3. The fraction of sp³-hybridized carbons (Fsp3) is 0.172. The van der Waals surface area contributed by atoms with Crippen LogP contribution in [0.15, 0.2) is 77.6 Å². The highest BCUT2D eigenvalue weighted by atomic mass is 32.1. The lowest BCUT2D eigenvalue weighted by Crippen LogP contribution is -2.32. The Morgan fingerprint density at radius 1 is 0.974 bits per heavy atom. The molecule has 38 heavy (non-hydrogen) atoms. The Hall–Kier alpha value is -4.37. The van der Waals surface area contributed by atoms with E-state index in [4.69, 9.17) is 4.74 Å². The molecule has 0 fully saturated rings. The summed E-state index contributed by atoms with van der Waals surface area (Å²) in [6, 6.07) is 21.0. The molecule has 3 aromatic carbocycles. The molecule has 0 aliphatic carbocycles. The number of fused-ring (bicyclic) bond motifs is 2. The average molecular weight is 527 g/mol. The van der Waals surface area contributed by atoms with Crippen LogP contribution >= 0.6 is 11.3 Å². The smallest absolute Gasteiger partial charge is 0.291 e. The van der Waals surface area contributed by atoms with E-state index in [0.29, 0.717) is 34.2 Å². The third-order valence-electron chi connectivity index (χ3n) is 6.47. The zero-order valence-corrected chi connectivity index (χ0v) is 21.4. The molecule has 1 amide bonds. The third-order valence-corrected chi connectivity index (χ3v) is 7.50. The zero-order chi connectivity index (χ0) is 26.2. The van der Waals surface area contributed by atoms with E-state index >= 15 is 0 Å². The second kappa shape index (κ2) is 9.83. The highest BCUT2D eigenvalue weighted by Crippen LogP contribution is 2.36. The molecule has 3 heterocycles. The van der Waals surface area contributed by atoms with Crippen LogP contribution in [0.4, 0.5) is 10.1 Å². The van der Waals surface area contributed by atoms with Crippen LogP contribution in [0.2, 0.25) is 0 Å². The van der Waals surface area contributed by atoms with Crippen molar-refractivity contribution in [2.75, 3.05) is 11.5 Å². The minimum atomic E-state index is -0.408. The zero-order valence-electron chi connectivity index (χ0n) is 20.6. The van der Waals surface area contributed by atoms with Crippen molar-refractivity contribution in [2.24, 2.45) is 0 Å². The first-order valence-electron chi connectivity index (χ1n) is 12.4. The van der Waals surface area contributed by atoms with Crippen molar-refractivity contribution in [1.29, 1.82) is 0 Å². The van der Waals surface area contributed by atoms with Crippen LogP contribution in [0.1, 0.15) is 30.9 Å². The van der Waals surface area contributed by atoms with E-state index in [-0.39, 0.29) is 28.4 Å². The number of amides is 1. The summed E-state index contributed by atoms with van der Waals surface area (Å²) in [6.07, 6.45) is 2.05. The molecule has 5 aromatic rings. The van der Waals surface area contributed by atoms with Gasteiger partial charge in [0.25, 0.3) is 11.5 Å². The highest BCUT2D eigenvalue weighted by Gasteiger charge is 2.34. The van der Waals surface area contributed by atoms with E-state index in [9.17, 15) is 14.0 Å². The second-order valence-electron chi connectivity index (χ2n) is 8.97. The molecule has 9 heteroatoms. The maximum atomic E-state index is 14.4. The van der Waals surface area contributed by atoms with Gasteiger partial charge in [-0.25, -0.2) is 4.39 Å². The molecule has 0 radical (unpaired) electrons. The van der Waals surface area contributed by atoms with E-state index in [0.717, 1.165) is 35.5 Å². The van der Waals surface area contributed by atoms with Crippen molar-refractivity contribution < 1.29 is 13.9 Å². The molecule has 0 saturated heterocycles. The van der Waals surface area contributed by atoms with E-state index in [1.807, 2.05) is 36.4 Å². The Morgan fingerprint density at radius 2 is 1.74 bits per heavy atom. The first-order valence-corrected chi connectivity index (χ1v) is 13.2.